The van der Waals surface area contributed by atoms with E-state index in [4.69, 9.17) is 16.3 Å². The number of methoxy groups -OCH3 is 1. The monoisotopic (exact) mass is 303 g/mol. The summed E-state index contributed by atoms with van der Waals surface area (Å²) in [5, 5.41) is 3.82. The molecule has 0 spiro atoms. The molecule has 1 fully saturated rings. The molecule has 1 saturated carbocycles. The highest BCUT2D eigenvalue weighted by atomic mass is 35.5. The van der Waals surface area contributed by atoms with Gasteiger partial charge < -0.3 is 10.1 Å². The van der Waals surface area contributed by atoms with E-state index in [1.165, 1.54) is 18.4 Å². The van der Waals surface area contributed by atoms with Gasteiger partial charge in [-0.2, -0.15) is 0 Å². The molecule has 5 heteroatoms. The van der Waals surface area contributed by atoms with Crippen LogP contribution in [-0.2, 0) is 6.42 Å². The van der Waals surface area contributed by atoms with E-state index in [-0.39, 0.29) is 0 Å². The highest BCUT2D eigenvalue weighted by Crippen LogP contribution is 2.38. The first-order chi connectivity index (χ1) is 10.3. The van der Waals surface area contributed by atoms with Gasteiger partial charge in [0.25, 0.3) is 0 Å². The van der Waals surface area contributed by atoms with Gasteiger partial charge in [0, 0.05) is 18.5 Å². The highest BCUT2D eigenvalue weighted by molar-refractivity contribution is 6.29. The molecule has 1 aliphatic rings. The van der Waals surface area contributed by atoms with Crippen LogP contribution in [0.15, 0.2) is 30.3 Å². The molecule has 1 heterocycles. The zero-order chi connectivity index (χ0) is 14.7. The summed E-state index contributed by atoms with van der Waals surface area (Å²) in [6.45, 7) is 0.776. The number of nitrogens with one attached hydrogen (secondary N) is 1. The lowest BCUT2D eigenvalue weighted by Crippen LogP contribution is -2.08. The van der Waals surface area contributed by atoms with Crippen molar-refractivity contribution in [2.24, 2.45) is 0 Å². The number of halogens is 1. The van der Waals surface area contributed by atoms with E-state index in [9.17, 15) is 0 Å². The normalized spacial score (nSPS) is 14.0. The predicted octanol–water partition coefficient (Wildman–Crippen LogP) is 3.67. The van der Waals surface area contributed by atoms with Crippen molar-refractivity contribution in [3.63, 3.8) is 0 Å². The number of anilines is 1. The van der Waals surface area contributed by atoms with Crippen LogP contribution in [0.2, 0.25) is 5.15 Å². The molecule has 21 heavy (non-hydrogen) atoms. The van der Waals surface area contributed by atoms with E-state index >= 15 is 0 Å². The van der Waals surface area contributed by atoms with Crippen molar-refractivity contribution in [1.29, 1.82) is 0 Å². The number of rotatable bonds is 6. The van der Waals surface area contributed by atoms with Gasteiger partial charge in [0.15, 0.2) is 0 Å². The van der Waals surface area contributed by atoms with Crippen molar-refractivity contribution in [2.45, 2.75) is 25.2 Å². The van der Waals surface area contributed by atoms with Crippen molar-refractivity contribution < 1.29 is 4.74 Å². The maximum Gasteiger partial charge on any atom is 0.135 e. The van der Waals surface area contributed by atoms with E-state index < -0.39 is 0 Å². The van der Waals surface area contributed by atoms with E-state index in [0.717, 1.165) is 30.4 Å². The summed E-state index contributed by atoms with van der Waals surface area (Å²) in [5.41, 5.74) is 1.18. The molecule has 0 saturated heterocycles. The second-order valence-corrected chi connectivity index (χ2v) is 5.58. The maximum absolute atomic E-state index is 6.05. The molecule has 2 aromatic rings. The molecule has 1 N–H and O–H groups in total. The topological polar surface area (TPSA) is 47.0 Å². The molecular formula is C16H18ClN3O. The Hall–Kier alpha value is -1.81. The summed E-state index contributed by atoms with van der Waals surface area (Å²) in [4.78, 5) is 8.82. The Morgan fingerprint density at radius 2 is 2.10 bits per heavy atom. The Labute approximate surface area is 129 Å². The summed E-state index contributed by atoms with van der Waals surface area (Å²) in [7, 11) is 1.69. The van der Waals surface area contributed by atoms with E-state index in [2.05, 4.69) is 21.4 Å². The fourth-order valence-corrected chi connectivity index (χ4v) is 2.47. The Morgan fingerprint density at radius 1 is 1.29 bits per heavy atom. The van der Waals surface area contributed by atoms with Gasteiger partial charge in [-0.1, -0.05) is 29.8 Å². The summed E-state index contributed by atoms with van der Waals surface area (Å²) < 4.78 is 5.35. The summed E-state index contributed by atoms with van der Waals surface area (Å²) in [5.74, 6) is 3.08. The molecule has 0 atom stereocenters. The van der Waals surface area contributed by atoms with Crippen molar-refractivity contribution >= 4 is 17.4 Å². The number of aromatic nitrogens is 2. The third-order valence-corrected chi connectivity index (χ3v) is 3.74. The van der Waals surface area contributed by atoms with Gasteiger partial charge in [-0.15, -0.1) is 0 Å². The van der Waals surface area contributed by atoms with Gasteiger partial charge >= 0.3 is 0 Å². The van der Waals surface area contributed by atoms with Gasteiger partial charge in [-0.3, -0.25) is 0 Å². The molecule has 0 unspecified atom stereocenters. The minimum Gasteiger partial charge on any atom is -0.496 e. The standard InChI is InChI=1S/C16H18ClN3O/c1-21-13-5-3-2-4-11(13)8-9-18-15-10-14(17)19-16(20-15)12-6-7-12/h2-5,10,12H,6-9H2,1H3,(H,18,19,20). The first-order valence-electron chi connectivity index (χ1n) is 7.16. The van der Waals surface area contributed by atoms with Crippen molar-refractivity contribution in [3.05, 3.63) is 46.9 Å². The Morgan fingerprint density at radius 3 is 2.86 bits per heavy atom. The second kappa shape index (κ2) is 6.31. The van der Waals surface area contributed by atoms with Gasteiger partial charge in [0.2, 0.25) is 0 Å². The molecule has 4 nitrogen and oxygen atoms in total. The molecule has 110 valence electrons. The Bertz CT molecular complexity index is 629. The van der Waals surface area contributed by atoms with Gasteiger partial charge in [0.1, 0.15) is 22.5 Å². The lowest BCUT2D eigenvalue weighted by molar-refractivity contribution is 0.410. The van der Waals surface area contributed by atoms with E-state index in [1.54, 1.807) is 13.2 Å². The van der Waals surface area contributed by atoms with Crippen LogP contribution in [0.25, 0.3) is 0 Å². The first-order valence-corrected chi connectivity index (χ1v) is 7.54. The fraction of sp³-hybridized carbons (Fsp3) is 0.375. The van der Waals surface area contributed by atoms with E-state index in [0.29, 0.717) is 11.1 Å². The smallest absolute Gasteiger partial charge is 0.135 e. The summed E-state index contributed by atoms with van der Waals surface area (Å²) in [6, 6.07) is 9.81. The van der Waals surface area contributed by atoms with E-state index in [1.807, 2.05) is 18.2 Å². The summed E-state index contributed by atoms with van der Waals surface area (Å²) in [6.07, 6.45) is 3.20. The maximum atomic E-state index is 6.05. The Balaban J connectivity index is 1.62. The molecule has 0 bridgehead atoms. The van der Waals surface area contributed by atoms with Crippen LogP contribution in [-0.4, -0.2) is 23.6 Å². The molecule has 3 rings (SSSR count). The van der Waals surface area contributed by atoms with Gasteiger partial charge in [-0.25, -0.2) is 9.97 Å². The van der Waals surface area contributed by atoms with Crippen molar-refractivity contribution in [3.8, 4) is 5.75 Å². The number of benzene rings is 1. The number of hydrogen-bond acceptors (Lipinski definition) is 4. The van der Waals surface area contributed by atoms with Crippen LogP contribution < -0.4 is 10.1 Å². The average molecular weight is 304 g/mol. The number of nitrogens with zero attached hydrogens (tertiary/aromatic N) is 2. The Kier molecular flexibility index (Phi) is 4.25. The van der Waals surface area contributed by atoms with Crippen LogP contribution in [0.4, 0.5) is 5.82 Å². The van der Waals surface area contributed by atoms with Crippen LogP contribution in [0.5, 0.6) is 5.75 Å². The van der Waals surface area contributed by atoms with Gasteiger partial charge in [-0.05, 0) is 30.9 Å². The molecule has 0 radical (unpaired) electrons. The third-order valence-electron chi connectivity index (χ3n) is 3.55. The highest BCUT2D eigenvalue weighted by Gasteiger charge is 2.27. The molecule has 1 aromatic carbocycles. The van der Waals surface area contributed by atoms with Crippen molar-refractivity contribution in [1.82, 2.24) is 9.97 Å². The largest absolute Gasteiger partial charge is 0.496 e. The first kappa shape index (κ1) is 14.1. The second-order valence-electron chi connectivity index (χ2n) is 5.20. The number of hydrogen-bond donors (Lipinski definition) is 1. The third kappa shape index (κ3) is 3.64. The lowest BCUT2D eigenvalue weighted by atomic mass is 10.1. The quantitative estimate of drug-likeness (QED) is 0.827. The molecule has 1 aliphatic carbocycles. The zero-order valence-electron chi connectivity index (χ0n) is 12.0. The van der Waals surface area contributed by atoms with Crippen LogP contribution in [0.3, 0.4) is 0 Å². The molecule has 1 aromatic heterocycles. The minimum absolute atomic E-state index is 0.499. The van der Waals surface area contributed by atoms with Crippen LogP contribution >= 0.6 is 11.6 Å². The van der Waals surface area contributed by atoms with Crippen molar-refractivity contribution in [2.75, 3.05) is 19.0 Å². The number of ether oxygens (including phenoxy) is 1. The lowest BCUT2D eigenvalue weighted by Gasteiger charge is -2.10. The molecule has 0 aliphatic heterocycles. The zero-order valence-corrected chi connectivity index (χ0v) is 12.7. The van der Waals surface area contributed by atoms with Gasteiger partial charge in [0.05, 0.1) is 7.11 Å². The van der Waals surface area contributed by atoms with Crippen LogP contribution in [0, 0.1) is 0 Å². The summed E-state index contributed by atoms with van der Waals surface area (Å²) >= 11 is 6.05. The fourth-order valence-electron chi connectivity index (χ4n) is 2.28. The van der Waals surface area contributed by atoms with Crippen LogP contribution in [0.1, 0.15) is 30.1 Å². The molecular weight excluding hydrogens is 286 g/mol. The SMILES string of the molecule is COc1ccccc1CCNc1cc(Cl)nc(C2CC2)n1. The minimum atomic E-state index is 0.499. The predicted molar refractivity (Wildman–Crippen MR) is 84.2 cm³/mol. The molecule has 0 amide bonds. The number of para-hydroxylation sites is 1. The average Bonchev–Trinajstić information content (AvgIpc) is 3.32.